The maximum Gasteiger partial charge on any atom is 0.258 e. The third-order valence-corrected chi connectivity index (χ3v) is 7.10. The Morgan fingerprint density at radius 1 is 0.975 bits per heavy atom. The average molecular weight is 562 g/mol. The second-order valence-electron chi connectivity index (χ2n) is 10.2. The number of benzene rings is 2. The van der Waals surface area contributed by atoms with E-state index < -0.39 is 0 Å². The lowest BCUT2D eigenvalue weighted by Gasteiger charge is -2.29. The number of carbonyl (C=O) groups excluding carboxylic acids is 2. The largest absolute Gasteiger partial charge is 0.353 e. The van der Waals surface area contributed by atoms with Crippen LogP contribution in [0.25, 0.3) is 16.8 Å². The highest BCUT2D eigenvalue weighted by Gasteiger charge is 2.19. The predicted octanol–water partition coefficient (Wildman–Crippen LogP) is 4.48. The van der Waals surface area contributed by atoms with Crippen LogP contribution in [0.4, 0.5) is 5.95 Å². The number of halogens is 1. The van der Waals surface area contributed by atoms with Crippen LogP contribution >= 0.6 is 12.4 Å². The summed E-state index contributed by atoms with van der Waals surface area (Å²) in [5.74, 6) is 0.297. The lowest BCUT2D eigenvalue weighted by molar-refractivity contribution is -0.122. The zero-order chi connectivity index (χ0) is 27.2. The Hall–Kier alpha value is -3.95. The summed E-state index contributed by atoms with van der Waals surface area (Å²) in [5, 5.41) is 10.4. The quantitative estimate of drug-likeness (QED) is 0.314. The van der Waals surface area contributed by atoms with Gasteiger partial charge in [-0.25, -0.2) is 4.98 Å². The Morgan fingerprint density at radius 3 is 2.48 bits per heavy atom. The van der Waals surface area contributed by atoms with E-state index in [1.165, 1.54) is 0 Å². The molecule has 0 spiro atoms. The number of piperidine rings is 1. The third kappa shape index (κ3) is 7.37. The molecule has 1 aliphatic heterocycles. The van der Waals surface area contributed by atoms with Crippen LogP contribution in [0.1, 0.15) is 41.7 Å². The van der Waals surface area contributed by atoms with E-state index in [4.69, 9.17) is 4.98 Å². The minimum Gasteiger partial charge on any atom is -0.353 e. The first-order valence-corrected chi connectivity index (χ1v) is 13.5. The van der Waals surface area contributed by atoms with Crippen molar-refractivity contribution < 1.29 is 9.59 Å². The van der Waals surface area contributed by atoms with Gasteiger partial charge in [0.25, 0.3) is 5.91 Å². The van der Waals surface area contributed by atoms with Gasteiger partial charge in [0.1, 0.15) is 0 Å². The van der Waals surface area contributed by atoms with Crippen LogP contribution < -0.4 is 10.6 Å². The molecule has 1 saturated heterocycles. The molecule has 0 unspecified atom stereocenters. The van der Waals surface area contributed by atoms with E-state index in [1.54, 1.807) is 16.9 Å². The van der Waals surface area contributed by atoms with Gasteiger partial charge in [-0.2, -0.15) is 5.10 Å². The van der Waals surface area contributed by atoms with Crippen molar-refractivity contribution in [1.82, 2.24) is 29.5 Å². The number of para-hydroxylation sites is 1. The van der Waals surface area contributed by atoms with Gasteiger partial charge < -0.3 is 10.2 Å². The molecule has 5 rings (SSSR count). The third-order valence-electron chi connectivity index (χ3n) is 7.10. The number of hydrogen-bond donors (Lipinski definition) is 2. The summed E-state index contributed by atoms with van der Waals surface area (Å²) in [5.41, 5.74) is 4.12. The molecule has 1 fully saturated rings. The standard InChI is InChI=1S/C30H35N7O2.ClH/c1-35-16-14-25(15-17-35)32-28(38)13-7-10-26-21-37(27-11-4-3-5-12-27)30(33-26)34-29(39)23-9-6-8-22(18-23)24-19-31-36(2)20-24;/h3-6,8-9,11-12,18-21,25H,7,10,13-17H2,1-2H3,(H,32,38)(H,33,34,39);1H. The van der Waals surface area contributed by atoms with Crippen LogP contribution in [0.3, 0.4) is 0 Å². The van der Waals surface area contributed by atoms with E-state index in [9.17, 15) is 9.59 Å². The first-order valence-electron chi connectivity index (χ1n) is 13.5. The fraction of sp³-hybridized carbons (Fsp3) is 0.333. The molecule has 0 radical (unpaired) electrons. The number of imidazole rings is 1. The molecule has 0 aliphatic carbocycles. The van der Waals surface area contributed by atoms with Crippen molar-refractivity contribution in [3.63, 3.8) is 0 Å². The van der Waals surface area contributed by atoms with E-state index in [2.05, 4.69) is 27.7 Å². The second kappa shape index (κ2) is 13.4. The van der Waals surface area contributed by atoms with Gasteiger partial charge in [-0.05, 0) is 75.6 Å². The smallest absolute Gasteiger partial charge is 0.258 e. The fourth-order valence-corrected chi connectivity index (χ4v) is 4.89. The molecule has 2 N–H and O–H groups in total. The summed E-state index contributed by atoms with van der Waals surface area (Å²) >= 11 is 0. The molecule has 2 aromatic heterocycles. The molecule has 3 heterocycles. The minimum atomic E-state index is -0.243. The Bertz CT molecular complexity index is 1420. The van der Waals surface area contributed by atoms with Crippen molar-refractivity contribution >= 4 is 30.2 Å². The van der Waals surface area contributed by atoms with E-state index in [-0.39, 0.29) is 30.3 Å². The van der Waals surface area contributed by atoms with E-state index in [0.717, 1.165) is 48.4 Å². The highest BCUT2D eigenvalue weighted by atomic mass is 35.5. The minimum absolute atomic E-state index is 0. The topological polar surface area (TPSA) is 97.1 Å². The second-order valence-corrected chi connectivity index (χ2v) is 10.2. The SMILES string of the molecule is CN1CCC(NC(=O)CCCc2cn(-c3ccccc3)c(NC(=O)c3cccc(-c4cnn(C)c4)c3)n2)CC1.Cl. The molecule has 10 heteroatoms. The monoisotopic (exact) mass is 561 g/mol. The molecule has 0 atom stereocenters. The summed E-state index contributed by atoms with van der Waals surface area (Å²) in [7, 11) is 3.98. The lowest BCUT2D eigenvalue weighted by Crippen LogP contribution is -2.43. The number of aryl methyl sites for hydroxylation is 2. The predicted molar refractivity (Wildman–Crippen MR) is 159 cm³/mol. The van der Waals surface area contributed by atoms with Gasteiger partial charge in [-0.1, -0.05) is 30.3 Å². The zero-order valence-electron chi connectivity index (χ0n) is 22.9. The maximum atomic E-state index is 13.3. The van der Waals surface area contributed by atoms with Crippen molar-refractivity contribution in [2.45, 2.75) is 38.1 Å². The number of nitrogens with one attached hydrogen (secondary N) is 2. The molecule has 1 aliphatic rings. The summed E-state index contributed by atoms with van der Waals surface area (Å²) in [6.07, 6.45) is 9.40. The van der Waals surface area contributed by atoms with Crippen molar-refractivity contribution in [1.29, 1.82) is 0 Å². The summed E-state index contributed by atoms with van der Waals surface area (Å²) in [6, 6.07) is 17.5. The summed E-state index contributed by atoms with van der Waals surface area (Å²) in [6.45, 7) is 2.04. The summed E-state index contributed by atoms with van der Waals surface area (Å²) < 4.78 is 3.62. The number of hydrogen-bond acceptors (Lipinski definition) is 5. The van der Waals surface area contributed by atoms with Crippen molar-refractivity contribution in [2.75, 3.05) is 25.5 Å². The first-order chi connectivity index (χ1) is 18.9. The highest BCUT2D eigenvalue weighted by Crippen LogP contribution is 2.22. The van der Waals surface area contributed by atoms with Crippen molar-refractivity contribution in [3.8, 4) is 16.8 Å². The van der Waals surface area contributed by atoms with E-state index >= 15 is 0 Å². The van der Waals surface area contributed by atoms with Gasteiger partial charge in [0.15, 0.2) is 0 Å². The Labute approximate surface area is 241 Å². The van der Waals surface area contributed by atoms with Gasteiger partial charge in [0.05, 0.1) is 11.9 Å². The van der Waals surface area contributed by atoms with Crippen LogP contribution in [-0.4, -0.2) is 62.2 Å². The zero-order valence-corrected chi connectivity index (χ0v) is 23.7. The van der Waals surface area contributed by atoms with Crippen LogP contribution in [0, 0.1) is 0 Å². The van der Waals surface area contributed by atoms with Gasteiger partial charge in [0.2, 0.25) is 11.9 Å². The fourth-order valence-electron chi connectivity index (χ4n) is 4.89. The average Bonchev–Trinajstić information content (AvgIpc) is 3.56. The van der Waals surface area contributed by atoms with E-state index in [0.29, 0.717) is 30.8 Å². The summed E-state index contributed by atoms with van der Waals surface area (Å²) in [4.78, 5) is 32.8. The van der Waals surface area contributed by atoms with Gasteiger partial charge in [-0.3, -0.25) is 24.2 Å². The highest BCUT2D eigenvalue weighted by molar-refractivity contribution is 6.04. The Kier molecular flexibility index (Phi) is 9.74. The number of amides is 2. The molecular weight excluding hydrogens is 526 g/mol. The maximum absolute atomic E-state index is 13.3. The molecule has 2 aromatic carbocycles. The number of aromatic nitrogens is 4. The molecule has 2 amide bonds. The molecule has 9 nitrogen and oxygen atoms in total. The molecule has 4 aromatic rings. The molecule has 0 saturated carbocycles. The Balaban J connectivity index is 0.00000370. The number of carbonyl (C=O) groups is 2. The van der Waals surface area contributed by atoms with E-state index in [1.807, 2.05) is 72.5 Å². The molecule has 210 valence electrons. The number of nitrogens with zero attached hydrogens (tertiary/aromatic N) is 5. The number of rotatable bonds is 9. The number of likely N-dealkylation sites (tertiary alicyclic amines) is 1. The normalized spacial score (nSPS) is 13.9. The van der Waals surface area contributed by atoms with Gasteiger partial charge >= 0.3 is 0 Å². The van der Waals surface area contributed by atoms with Crippen LogP contribution in [-0.2, 0) is 18.3 Å². The van der Waals surface area contributed by atoms with Crippen LogP contribution in [0.2, 0.25) is 0 Å². The van der Waals surface area contributed by atoms with Crippen LogP contribution in [0.5, 0.6) is 0 Å². The molecule has 40 heavy (non-hydrogen) atoms. The van der Waals surface area contributed by atoms with Crippen molar-refractivity contribution in [2.24, 2.45) is 7.05 Å². The molecular formula is C30H36ClN7O2. The number of anilines is 1. The molecule has 0 bridgehead atoms. The Morgan fingerprint density at radius 2 is 1.75 bits per heavy atom. The van der Waals surface area contributed by atoms with Gasteiger partial charge in [-0.15, -0.1) is 12.4 Å². The lowest BCUT2D eigenvalue weighted by atomic mass is 10.1. The van der Waals surface area contributed by atoms with Gasteiger partial charge in [0, 0.05) is 48.7 Å². The van der Waals surface area contributed by atoms with Crippen molar-refractivity contribution in [3.05, 3.63) is 84.4 Å². The first kappa shape index (κ1) is 29.0. The van der Waals surface area contributed by atoms with Crippen LogP contribution in [0.15, 0.2) is 73.2 Å².